The molecule has 1 aromatic heterocycles. The van der Waals surface area contributed by atoms with Crippen molar-refractivity contribution < 1.29 is 8.42 Å². The van der Waals surface area contributed by atoms with E-state index in [1.54, 1.807) is 4.68 Å². The normalized spacial score (nSPS) is 17.3. The van der Waals surface area contributed by atoms with Crippen LogP contribution in [0.1, 0.15) is 11.3 Å². The molecule has 1 aliphatic heterocycles. The highest BCUT2D eigenvalue weighted by molar-refractivity contribution is 7.90. The molecule has 1 aromatic carbocycles. The van der Waals surface area contributed by atoms with Crippen LogP contribution in [0, 0.1) is 0 Å². The molecule has 1 N–H and O–H groups in total. The van der Waals surface area contributed by atoms with E-state index >= 15 is 0 Å². The molecule has 0 unspecified atom stereocenters. The Hall–Kier alpha value is -1.82. The van der Waals surface area contributed by atoms with Crippen LogP contribution in [0.4, 0.5) is 0 Å². The molecule has 94 valence electrons. The van der Waals surface area contributed by atoms with E-state index in [1.165, 1.54) is 0 Å². The smallest absolute Gasteiger partial charge is 0.267 e. The van der Waals surface area contributed by atoms with Crippen molar-refractivity contribution in [2.45, 2.75) is 12.2 Å². The third-order valence-electron chi connectivity index (χ3n) is 3.14. The molecule has 6 heteroatoms. The maximum atomic E-state index is 11.8. The lowest BCUT2D eigenvalue weighted by Gasteiger charge is -2.14. The van der Waals surface area contributed by atoms with Gasteiger partial charge in [-0.2, -0.15) is 0 Å². The van der Waals surface area contributed by atoms with E-state index in [9.17, 15) is 13.2 Å². The molecule has 0 saturated heterocycles. The highest BCUT2D eigenvalue weighted by Crippen LogP contribution is 2.20. The summed E-state index contributed by atoms with van der Waals surface area (Å²) < 4.78 is 24.9. The summed E-state index contributed by atoms with van der Waals surface area (Å²) in [7, 11) is -3.09. The van der Waals surface area contributed by atoms with Crippen molar-refractivity contribution in [3.05, 3.63) is 51.9 Å². The minimum absolute atomic E-state index is 0.0574. The zero-order valence-corrected chi connectivity index (χ0v) is 10.4. The fourth-order valence-corrected chi connectivity index (χ4v) is 3.63. The number of para-hydroxylation sites is 1. The van der Waals surface area contributed by atoms with Crippen molar-refractivity contribution in [2.75, 3.05) is 5.75 Å². The van der Waals surface area contributed by atoms with E-state index in [2.05, 4.69) is 5.10 Å². The fourth-order valence-electron chi connectivity index (χ4n) is 2.25. The first-order valence-electron chi connectivity index (χ1n) is 5.65. The molecule has 0 spiro atoms. The number of sulfone groups is 1. The molecule has 3 rings (SSSR count). The van der Waals surface area contributed by atoms with E-state index in [0.717, 1.165) is 5.69 Å². The van der Waals surface area contributed by atoms with Gasteiger partial charge in [-0.15, -0.1) is 0 Å². The molecule has 0 amide bonds. The van der Waals surface area contributed by atoms with Gasteiger partial charge in [-0.3, -0.25) is 14.6 Å². The van der Waals surface area contributed by atoms with Gasteiger partial charge in [-0.1, -0.05) is 18.2 Å². The van der Waals surface area contributed by atoms with Crippen LogP contribution < -0.4 is 5.56 Å². The quantitative estimate of drug-likeness (QED) is 0.821. The molecule has 18 heavy (non-hydrogen) atoms. The summed E-state index contributed by atoms with van der Waals surface area (Å²) in [5.74, 6) is -0.0160. The van der Waals surface area contributed by atoms with Crippen LogP contribution in [0.3, 0.4) is 0 Å². The van der Waals surface area contributed by atoms with Gasteiger partial charge in [0.15, 0.2) is 9.84 Å². The van der Waals surface area contributed by atoms with Crippen LogP contribution in [0.2, 0.25) is 0 Å². The topological polar surface area (TPSA) is 71.9 Å². The van der Waals surface area contributed by atoms with Gasteiger partial charge < -0.3 is 0 Å². The Kier molecular flexibility index (Phi) is 2.41. The van der Waals surface area contributed by atoms with Gasteiger partial charge in [-0.25, -0.2) is 8.42 Å². The summed E-state index contributed by atoms with van der Waals surface area (Å²) in [6.45, 7) is 0. The summed E-state index contributed by atoms with van der Waals surface area (Å²) in [5.41, 5.74) is 1.74. The van der Waals surface area contributed by atoms with Gasteiger partial charge in [0, 0.05) is 5.56 Å². The Labute approximate surface area is 104 Å². The Morgan fingerprint density at radius 3 is 2.61 bits per heavy atom. The molecule has 0 bridgehead atoms. The van der Waals surface area contributed by atoms with Gasteiger partial charge >= 0.3 is 0 Å². The van der Waals surface area contributed by atoms with Crippen LogP contribution >= 0.6 is 0 Å². The Bertz CT molecular complexity index is 741. The van der Waals surface area contributed by atoms with Crippen molar-refractivity contribution >= 4 is 9.84 Å². The summed E-state index contributed by atoms with van der Waals surface area (Å²) >= 11 is 0. The molecule has 0 radical (unpaired) electrons. The number of aromatic nitrogens is 2. The predicted octanol–water partition coefficient (Wildman–Crippen LogP) is 0.636. The molecule has 1 aliphatic rings. The molecular weight excluding hydrogens is 252 g/mol. The molecular formula is C12H12N2O3S. The van der Waals surface area contributed by atoms with Crippen molar-refractivity contribution in [3.63, 3.8) is 0 Å². The minimum Gasteiger partial charge on any atom is -0.268 e. The number of nitrogens with zero attached hydrogens (tertiary/aromatic N) is 1. The summed E-state index contributed by atoms with van der Waals surface area (Å²) in [5, 5.41) is 2.71. The monoisotopic (exact) mass is 264 g/mol. The van der Waals surface area contributed by atoms with Crippen LogP contribution in [-0.2, 0) is 22.0 Å². The van der Waals surface area contributed by atoms with Crippen molar-refractivity contribution in [2.24, 2.45) is 0 Å². The second-order valence-corrected chi connectivity index (χ2v) is 6.56. The summed E-state index contributed by atoms with van der Waals surface area (Å²) in [6, 6.07) is 9.22. The second kappa shape index (κ2) is 3.84. The largest absolute Gasteiger partial charge is 0.268 e. The van der Waals surface area contributed by atoms with E-state index in [0.29, 0.717) is 17.7 Å². The van der Waals surface area contributed by atoms with E-state index in [4.69, 9.17) is 0 Å². The highest BCUT2D eigenvalue weighted by Gasteiger charge is 2.27. The van der Waals surface area contributed by atoms with E-state index in [-0.39, 0.29) is 17.1 Å². The third kappa shape index (κ3) is 1.78. The van der Waals surface area contributed by atoms with Gasteiger partial charge in [0.05, 0.1) is 22.9 Å². The lowest BCUT2D eigenvalue weighted by Crippen LogP contribution is -2.22. The van der Waals surface area contributed by atoms with Crippen LogP contribution in [0.25, 0.3) is 5.69 Å². The standard InChI is InChI=1S/C12H12N2O3S/c15-12-10-6-7-18(16,17)8-11(10)14(13-12)9-4-2-1-3-5-9/h1-5H,6-8H2,(H,13,15). The third-order valence-corrected chi connectivity index (χ3v) is 4.68. The SMILES string of the molecule is O=c1[nH]n(-c2ccccc2)c2c1CCS(=O)(=O)C2. The lowest BCUT2D eigenvalue weighted by molar-refractivity contribution is 0.589. The minimum atomic E-state index is -3.09. The molecule has 0 fully saturated rings. The van der Waals surface area contributed by atoms with E-state index in [1.807, 2.05) is 30.3 Å². The first-order chi connectivity index (χ1) is 8.57. The first-order valence-corrected chi connectivity index (χ1v) is 7.47. The fraction of sp³-hybridized carbons (Fsp3) is 0.250. The Balaban J connectivity index is 2.22. The van der Waals surface area contributed by atoms with Gasteiger partial charge in [0.25, 0.3) is 5.56 Å². The Morgan fingerprint density at radius 2 is 1.89 bits per heavy atom. The van der Waals surface area contributed by atoms with Gasteiger partial charge in [-0.05, 0) is 18.6 Å². The van der Waals surface area contributed by atoms with Crippen molar-refractivity contribution in [3.8, 4) is 5.69 Å². The zero-order chi connectivity index (χ0) is 12.8. The van der Waals surface area contributed by atoms with Gasteiger partial charge in [0.1, 0.15) is 0 Å². The molecule has 0 atom stereocenters. The maximum absolute atomic E-state index is 11.8. The van der Waals surface area contributed by atoms with Crippen LogP contribution in [0.15, 0.2) is 35.1 Å². The number of fused-ring (bicyclic) bond motifs is 1. The lowest BCUT2D eigenvalue weighted by atomic mass is 10.2. The second-order valence-electron chi connectivity index (χ2n) is 4.38. The number of nitrogens with one attached hydrogen (secondary N) is 1. The molecule has 2 aromatic rings. The number of hydrogen-bond acceptors (Lipinski definition) is 3. The highest BCUT2D eigenvalue weighted by atomic mass is 32.2. The first kappa shape index (κ1) is 11.3. The van der Waals surface area contributed by atoms with Crippen LogP contribution in [0.5, 0.6) is 0 Å². The number of H-pyrrole nitrogens is 1. The predicted molar refractivity (Wildman–Crippen MR) is 67.6 cm³/mol. The van der Waals surface area contributed by atoms with E-state index < -0.39 is 9.84 Å². The average molecular weight is 264 g/mol. The maximum Gasteiger partial charge on any atom is 0.267 e. The molecule has 5 nitrogen and oxygen atoms in total. The van der Waals surface area contributed by atoms with Crippen molar-refractivity contribution in [1.82, 2.24) is 9.78 Å². The molecule has 0 aliphatic carbocycles. The summed E-state index contributed by atoms with van der Waals surface area (Å²) in [6.07, 6.45) is 0.298. The Morgan fingerprint density at radius 1 is 1.17 bits per heavy atom. The number of benzene rings is 1. The van der Waals surface area contributed by atoms with Crippen molar-refractivity contribution in [1.29, 1.82) is 0 Å². The molecule has 2 heterocycles. The zero-order valence-electron chi connectivity index (χ0n) is 9.59. The summed E-state index contributed by atoms with van der Waals surface area (Å²) in [4.78, 5) is 11.8. The number of hydrogen-bond donors (Lipinski definition) is 1. The number of aromatic amines is 1. The number of rotatable bonds is 1. The molecule has 0 saturated carbocycles. The van der Waals surface area contributed by atoms with Gasteiger partial charge in [0.2, 0.25) is 0 Å². The van der Waals surface area contributed by atoms with Crippen LogP contribution in [-0.4, -0.2) is 24.0 Å². The average Bonchev–Trinajstić information content (AvgIpc) is 2.66.